The molecule has 21 heavy (non-hydrogen) atoms. The summed E-state index contributed by atoms with van der Waals surface area (Å²) in [5, 5.41) is 3.28. The number of benzene rings is 1. The van der Waals surface area contributed by atoms with E-state index in [0.29, 0.717) is 5.56 Å². The smallest absolute Gasteiger partial charge is 0.159 e. The first-order chi connectivity index (χ1) is 9.75. The van der Waals surface area contributed by atoms with Gasteiger partial charge in [-0.1, -0.05) is 6.07 Å². The normalized spacial score (nSPS) is 17.2. The Labute approximate surface area is 128 Å². The van der Waals surface area contributed by atoms with Crippen molar-refractivity contribution in [3.05, 3.63) is 59.6 Å². The van der Waals surface area contributed by atoms with E-state index in [9.17, 15) is 8.78 Å². The van der Waals surface area contributed by atoms with Gasteiger partial charge in [0.05, 0.1) is 12.3 Å². The Kier molecular flexibility index (Phi) is 5.33. The molecular weight excluding hydrogens is 298 g/mol. The van der Waals surface area contributed by atoms with E-state index in [1.54, 1.807) is 12.3 Å². The maximum atomic E-state index is 13.5. The number of nitrogens with one attached hydrogen (secondary N) is 1. The van der Waals surface area contributed by atoms with Gasteiger partial charge in [-0.25, -0.2) is 8.78 Å². The third-order valence-corrected chi connectivity index (χ3v) is 3.59. The molecule has 1 aliphatic heterocycles. The molecule has 0 aliphatic carbocycles. The summed E-state index contributed by atoms with van der Waals surface area (Å²) in [5.74, 6) is -0.903. The first-order valence-corrected chi connectivity index (χ1v) is 6.69. The maximum absolute atomic E-state index is 13.5. The molecule has 1 aromatic heterocycles. The summed E-state index contributed by atoms with van der Waals surface area (Å²) in [4.78, 5) is 2.21. The number of furan rings is 1. The van der Waals surface area contributed by atoms with Crippen molar-refractivity contribution in [1.29, 1.82) is 0 Å². The van der Waals surface area contributed by atoms with Crippen LogP contribution in [0, 0.1) is 11.6 Å². The van der Waals surface area contributed by atoms with Crippen LogP contribution in [0.3, 0.4) is 0 Å². The zero-order chi connectivity index (χ0) is 13.9. The maximum Gasteiger partial charge on any atom is 0.159 e. The molecule has 1 aliphatic rings. The van der Waals surface area contributed by atoms with Crippen molar-refractivity contribution in [2.24, 2.45) is 0 Å². The third kappa shape index (κ3) is 3.43. The number of piperazine rings is 1. The van der Waals surface area contributed by atoms with Crippen molar-refractivity contribution in [3.8, 4) is 0 Å². The van der Waals surface area contributed by atoms with Crippen molar-refractivity contribution in [2.75, 3.05) is 26.2 Å². The molecule has 1 saturated heterocycles. The van der Waals surface area contributed by atoms with E-state index >= 15 is 0 Å². The Morgan fingerprint density at radius 2 is 1.86 bits per heavy atom. The molecule has 0 unspecified atom stereocenters. The van der Waals surface area contributed by atoms with Gasteiger partial charge < -0.3 is 9.73 Å². The highest BCUT2D eigenvalue weighted by Gasteiger charge is 2.26. The van der Waals surface area contributed by atoms with Crippen LogP contribution in [0.15, 0.2) is 41.0 Å². The Hall–Kier alpha value is -1.43. The lowest BCUT2D eigenvalue weighted by Gasteiger charge is -2.34. The fourth-order valence-electron chi connectivity index (χ4n) is 2.62. The van der Waals surface area contributed by atoms with E-state index in [0.717, 1.165) is 31.9 Å². The van der Waals surface area contributed by atoms with Crippen LogP contribution in [0.25, 0.3) is 0 Å². The standard InChI is InChI=1S/C15H16F2N2O.ClH/c16-12-4-3-11(10-13(12)17)15(14-2-1-9-20-14)19-7-5-18-6-8-19;/h1-4,9-10,15,18H,5-8H2;1H/t15-;/m0./s1. The molecule has 1 aromatic carbocycles. The third-order valence-electron chi connectivity index (χ3n) is 3.59. The van der Waals surface area contributed by atoms with E-state index in [-0.39, 0.29) is 18.4 Å². The van der Waals surface area contributed by atoms with Gasteiger partial charge in [0.1, 0.15) is 5.76 Å². The highest BCUT2D eigenvalue weighted by molar-refractivity contribution is 5.85. The molecule has 1 fully saturated rings. The lowest BCUT2D eigenvalue weighted by molar-refractivity contribution is 0.179. The number of halogens is 3. The molecule has 0 bridgehead atoms. The Morgan fingerprint density at radius 1 is 1.10 bits per heavy atom. The number of hydrogen-bond acceptors (Lipinski definition) is 3. The molecule has 114 valence electrons. The molecule has 0 amide bonds. The predicted octanol–water partition coefficient (Wildman–Crippen LogP) is 2.97. The second-order valence-electron chi connectivity index (χ2n) is 4.88. The van der Waals surface area contributed by atoms with Crippen LogP contribution in [0.4, 0.5) is 8.78 Å². The monoisotopic (exact) mass is 314 g/mol. The molecule has 0 radical (unpaired) electrons. The second-order valence-corrected chi connectivity index (χ2v) is 4.88. The molecule has 1 atom stereocenters. The van der Waals surface area contributed by atoms with Gasteiger partial charge in [-0.2, -0.15) is 0 Å². The van der Waals surface area contributed by atoms with E-state index in [4.69, 9.17) is 4.42 Å². The van der Waals surface area contributed by atoms with Gasteiger partial charge >= 0.3 is 0 Å². The van der Waals surface area contributed by atoms with Gasteiger partial charge in [-0.15, -0.1) is 12.4 Å². The van der Waals surface area contributed by atoms with Crippen molar-refractivity contribution in [2.45, 2.75) is 6.04 Å². The average Bonchev–Trinajstić information content (AvgIpc) is 2.98. The summed E-state index contributed by atoms with van der Waals surface area (Å²) in [6.45, 7) is 3.43. The minimum absolute atomic E-state index is 0. The van der Waals surface area contributed by atoms with E-state index in [2.05, 4.69) is 10.2 Å². The van der Waals surface area contributed by atoms with Gasteiger partial charge in [0, 0.05) is 26.2 Å². The summed E-state index contributed by atoms with van der Waals surface area (Å²) in [6, 6.07) is 7.54. The fraction of sp³-hybridized carbons (Fsp3) is 0.333. The second kappa shape index (κ2) is 7.02. The Morgan fingerprint density at radius 3 is 2.48 bits per heavy atom. The van der Waals surface area contributed by atoms with Crippen molar-refractivity contribution >= 4 is 12.4 Å². The predicted molar refractivity (Wildman–Crippen MR) is 78.6 cm³/mol. The molecule has 0 saturated carbocycles. The van der Waals surface area contributed by atoms with Gasteiger partial charge in [0.2, 0.25) is 0 Å². The molecule has 0 spiro atoms. The Bertz CT molecular complexity index is 571. The molecule has 3 nitrogen and oxygen atoms in total. The number of nitrogens with zero attached hydrogens (tertiary/aromatic N) is 1. The largest absolute Gasteiger partial charge is 0.467 e. The minimum atomic E-state index is -0.827. The highest BCUT2D eigenvalue weighted by atomic mass is 35.5. The van der Waals surface area contributed by atoms with Gasteiger partial charge in [0.25, 0.3) is 0 Å². The topological polar surface area (TPSA) is 28.4 Å². The molecular formula is C15H17ClF2N2O. The lowest BCUT2D eigenvalue weighted by Crippen LogP contribution is -2.45. The molecule has 3 rings (SSSR count). The van der Waals surface area contributed by atoms with Crippen LogP contribution in [0.2, 0.25) is 0 Å². The van der Waals surface area contributed by atoms with E-state index < -0.39 is 11.6 Å². The summed E-state index contributed by atoms with van der Waals surface area (Å²) >= 11 is 0. The quantitative estimate of drug-likeness (QED) is 0.944. The van der Waals surface area contributed by atoms with Crippen molar-refractivity contribution < 1.29 is 13.2 Å². The molecule has 1 N–H and O–H groups in total. The van der Waals surface area contributed by atoms with E-state index in [1.807, 2.05) is 12.1 Å². The van der Waals surface area contributed by atoms with Gasteiger partial charge in [0.15, 0.2) is 11.6 Å². The fourth-order valence-corrected chi connectivity index (χ4v) is 2.62. The van der Waals surface area contributed by atoms with Gasteiger partial charge in [-0.3, -0.25) is 4.90 Å². The van der Waals surface area contributed by atoms with Crippen LogP contribution in [0.1, 0.15) is 17.4 Å². The summed E-state index contributed by atoms with van der Waals surface area (Å²) in [5.41, 5.74) is 0.709. The van der Waals surface area contributed by atoms with Gasteiger partial charge in [-0.05, 0) is 29.8 Å². The molecule has 2 heterocycles. The average molecular weight is 315 g/mol. The zero-order valence-electron chi connectivity index (χ0n) is 11.4. The molecule has 2 aromatic rings. The summed E-state index contributed by atoms with van der Waals surface area (Å²) in [6.07, 6.45) is 1.60. The Balaban J connectivity index is 0.00000161. The summed E-state index contributed by atoms with van der Waals surface area (Å²) in [7, 11) is 0. The lowest BCUT2D eigenvalue weighted by atomic mass is 10.0. The van der Waals surface area contributed by atoms with Crippen LogP contribution in [-0.4, -0.2) is 31.1 Å². The SMILES string of the molecule is Cl.Fc1ccc([C@@H](c2ccco2)N2CCNCC2)cc1F. The zero-order valence-corrected chi connectivity index (χ0v) is 12.2. The van der Waals surface area contributed by atoms with E-state index in [1.165, 1.54) is 12.1 Å². The van der Waals surface area contributed by atoms with Crippen LogP contribution in [0.5, 0.6) is 0 Å². The highest BCUT2D eigenvalue weighted by Crippen LogP contribution is 2.30. The van der Waals surface area contributed by atoms with Crippen LogP contribution < -0.4 is 5.32 Å². The molecule has 6 heteroatoms. The first kappa shape index (κ1) is 15.9. The van der Waals surface area contributed by atoms with Crippen LogP contribution >= 0.6 is 12.4 Å². The summed E-state index contributed by atoms with van der Waals surface area (Å²) < 4.78 is 32.1. The van der Waals surface area contributed by atoms with Crippen molar-refractivity contribution in [1.82, 2.24) is 10.2 Å². The number of hydrogen-bond donors (Lipinski definition) is 1. The van der Waals surface area contributed by atoms with Crippen molar-refractivity contribution in [3.63, 3.8) is 0 Å². The number of rotatable bonds is 3. The minimum Gasteiger partial charge on any atom is -0.467 e. The van der Waals surface area contributed by atoms with Crippen LogP contribution in [-0.2, 0) is 0 Å². The first-order valence-electron chi connectivity index (χ1n) is 6.69.